The van der Waals surface area contributed by atoms with Crippen LogP contribution in [0.3, 0.4) is 0 Å². The van der Waals surface area contributed by atoms with E-state index >= 15 is 0 Å². The highest BCUT2D eigenvalue weighted by atomic mass is 16.6. The minimum atomic E-state index is -1.34. The van der Waals surface area contributed by atoms with Crippen molar-refractivity contribution >= 4 is 11.9 Å². The molecule has 4 N–H and O–H groups in total. The second-order valence-electron chi connectivity index (χ2n) is 7.15. The first-order valence-electron chi connectivity index (χ1n) is 10.5. The number of ether oxygens (including phenoxy) is 1. The van der Waals surface area contributed by atoms with Crippen LogP contribution in [0.2, 0.25) is 0 Å². The van der Waals surface area contributed by atoms with Gasteiger partial charge in [0.2, 0.25) is 0 Å². The van der Waals surface area contributed by atoms with Crippen LogP contribution in [0.25, 0.3) is 0 Å². The van der Waals surface area contributed by atoms with Crippen molar-refractivity contribution in [1.82, 2.24) is 6.15 Å². The van der Waals surface area contributed by atoms with Crippen LogP contribution < -0.4 is 11.3 Å². The Morgan fingerprint density at radius 3 is 1.42 bits per heavy atom. The summed E-state index contributed by atoms with van der Waals surface area (Å²) in [5.74, 6) is -1.78. The Kier molecular flexibility index (Phi) is 21.1. The van der Waals surface area contributed by atoms with Gasteiger partial charge in [-0.2, -0.15) is 0 Å². The van der Waals surface area contributed by atoms with E-state index in [0.29, 0.717) is 6.42 Å². The number of esters is 1. The lowest BCUT2D eigenvalue weighted by Gasteiger charge is -2.13. The number of hydrogen-bond acceptors (Lipinski definition) is 4. The predicted molar refractivity (Wildman–Crippen MR) is 106 cm³/mol. The van der Waals surface area contributed by atoms with Crippen LogP contribution >= 0.6 is 0 Å². The lowest BCUT2D eigenvalue weighted by Crippen LogP contribution is -2.36. The maximum absolute atomic E-state index is 11.4. The fourth-order valence-electron chi connectivity index (χ4n) is 2.94. The van der Waals surface area contributed by atoms with Crippen LogP contribution in [0.1, 0.15) is 117 Å². The first-order valence-corrected chi connectivity index (χ1v) is 10.5. The van der Waals surface area contributed by atoms with Gasteiger partial charge in [-0.05, 0) is 13.3 Å². The standard InChI is InChI=1S/C21H40O4.H3N/c1-3-4-5-6-7-8-9-10-11-12-13-14-15-16-17-18-20(22)25-19(2)21(23)24;/h19H,3-18H2,1-2H3,(H,23,24);1H3. The lowest BCUT2D eigenvalue weighted by molar-refractivity contribution is -0.314. The molecule has 0 spiro atoms. The highest BCUT2D eigenvalue weighted by Crippen LogP contribution is 2.13. The van der Waals surface area contributed by atoms with E-state index in [1.807, 2.05) is 0 Å². The van der Waals surface area contributed by atoms with Crippen molar-refractivity contribution < 1.29 is 19.4 Å². The molecule has 0 bridgehead atoms. The molecule has 1 atom stereocenters. The Labute approximate surface area is 160 Å². The topological polar surface area (TPSA) is 103 Å². The second-order valence-corrected chi connectivity index (χ2v) is 7.15. The van der Waals surface area contributed by atoms with Gasteiger partial charge in [0.05, 0.1) is 5.97 Å². The van der Waals surface area contributed by atoms with Gasteiger partial charge in [0.1, 0.15) is 6.10 Å². The zero-order valence-electron chi connectivity index (χ0n) is 17.5. The molecular formula is C21H43NO4. The highest BCUT2D eigenvalue weighted by Gasteiger charge is 2.09. The lowest BCUT2D eigenvalue weighted by atomic mass is 10.0. The molecular weight excluding hydrogens is 330 g/mol. The minimum Gasteiger partial charge on any atom is -0.546 e. The van der Waals surface area contributed by atoms with Crippen molar-refractivity contribution in [2.24, 2.45) is 0 Å². The molecule has 0 saturated heterocycles. The number of rotatable bonds is 18. The molecule has 5 nitrogen and oxygen atoms in total. The summed E-state index contributed by atoms with van der Waals surface area (Å²) in [5.41, 5.74) is 0. The number of carbonyl (C=O) groups excluding carboxylic acids is 2. The van der Waals surface area contributed by atoms with Crippen molar-refractivity contribution in [2.45, 2.75) is 123 Å². The van der Waals surface area contributed by atoms with Crippen molar-refractivity contribution in [3.63, 3.8) is 0 Å². The van der Waals surface area contributed by atoms with Crippen molar-refractivity contribution in [3.05, 3.63) is 0 Å². The average Bonchev–Trinajstić information content (AvgIpc) is 2.58. The van der Waals surface area contributed by atoms with E-state index in [4.69, 9.17) is 4.74 Å². The fraction of sp³-hybridized carbons (Fsp3) is 0.905. The maximum atomic E-state index is 11.4. The number of aliphatic carboxylic acids is 1. The van der Waals surface area contributed by atoms with E-state index in [2.05, 4.69) is 6.92 Å². The summed E-state index contributed by atoms with van der Waals surface area (Å²) in [6.45, 7) is 3.58. The normalized spacial score (nSPS) is 11.6. The number of carboxylic acid groups (broad SMARTS) is 1. The van der Waals surface area contributed by atoms with Gasteiger partial charge in [-0.25, -0.2) is 0 Å². The summed E-state index contributed by atoms with van der Waals surface area (Å²) in [5, 5.41) is 10.5. The largest absolute Gasteiger partial charge is 0.546 e. The second kappa shape index (κ2) is 20.2. The first-order chi connectivity index (χ1) is 12.1. The maximum Gasteiger partial charge on any atom is 0.306 e. The molecule has 0 fully saturated rings. The molecule has 0 amide bonds. The Bertz CT molecular complexity index is 334. The van der Waals surface area contributed by atoms with Crippen molar-refractivity contribution in [2.75, 3.05) is 0 Å². The number of carbonyl (C=O) groups is 2. The third-order valence-corrected chi connectivity index (χ3v) is 4.62. The van der Waals surface area contributed by atoms with Crippen molar-refractivity contribution in [3.8, 4) is 0 Å². The summed E-state index contributed by atoms with van der Waals surface area (Å²) in [6.07, 6.45) is 18.3. The molecule has 5 heteroatoms. The van der Waals surface area contributed by atoms with Gasteiger partial charge in [-0.3, -0.25) is 4.79 Å². The van der Waals surface area contributed by atoms with Crippen LogP contribution in [0.4, 0.5) is 0 Å². The van der Waals surface area contributed by atoms with Gasteiger partial charge in [-0.1, -0.05) is 96.8 Å². The summed E-state index contributed by atoms with van der Waals surface area (Å²) in [6, 6.07) is 0. The quantitative estimate of drug-likeness (QED) is 0.260. The Morgan fingerprint density at radius 2 is 1.08 bits per heavy atom. The molecule has 0 heterocycles. The van der Waals surface area contributed by atoms with Gasteiger partial charge in [0.15, 0.2) is 0 Å². The molecule has 156 valence electrons. The molecule has 0 aliphatic carbocycles. The SMILES string of the molecule is CCCCCCCCCCCCCCCCCC(=O)OC(C)C(=O)[O-].[NH4+]. The zero-order chi connectivity index (χ0) is 18.8. The smallest absolute Gasteiger partial charge is 0.306 e. The molecule has 1 unspecified atom stereocenters. The van der Waals surface area contributed by atoms with Crippen LogP contribution in [0.15, 0.2) is 0 Å². The monoisotopic (exact) mass is 373 g/mol. The van der Waals surface area contributed by atoms with Gasteiger partial charge >= 0.3 is 5.97 Å². The molecule has 0 rings (SSSR count). The Hall–Kier alpha value is -1.10. The van der Waals surface area contributed by atoms with Crippen molar-refractivity contribution in [1.29, 1.82) is 0 Å². The molecule has 0 aromatic heterocycles. The van der Waals surface area contributed by atoms with E-state index in [0.717, 1.165) is 19.3 Å². The van der Waals surface area contributed by atoms with Crippen LogP contribution in [0, 0.1) is 0 Å². The van der Waals surface area contributed by atoms with Gasteiger partial charge in [-0.15, -0.1) is 0 Å². The molecule has 0 aliphatic rings. The molecule has 0 radical (unpaired) electrons. The van der Waals surface area contributed by atoms with Crippen LogP contribution in [0.5, 0.6) is 0 Å². The summed E-state index contributed by atoms with van der Waals surface area (Å²) < 4.78 is 4.73. The number of carboxylic acids is 1. The zero-order valence-corrected chi connectivity index (χ0v) is 17.5. The van der Waals surface area contributed by atoms with Gasteiger partial charge in [0.25, 0.3) is 0 Å². The van der Waals surface area contributed by atoms with Gasteiger partial charge in [0, 0.05) is 6.42 Å². The number of hydrogen-bond donors (Lipinski definition) is 1. The fourth-order valence-corrected chi connectivity index (χ4v) is 2.94. The predicted octanol–water partition coefficient (Wildman–Crippen LogP) is 5.31. The molecule has 0 aromatic carbocycles. The number of unbranched alkanes of at least 4 members (excludes halogenated alkanes) is 14. The van der Waals surface area contributed by atoms with E-state index in [1.54, 1.807) is 0 Å². The third kappa shape index (κ3) is 19.2. The minimum absolute atomic E-state index is 0. The summed E-state index contributed by atoms with van der Waals surface area (Å²) >= 11 is 0. The van der Waals surface area contributed by atoms with E-state index in [9.17, 15) is 14.7 Å². The van der Waals surface area contributed by atoms with Crippen LogP contribution in [-0.2, 0) is 14.3 Å². The van der Waals surface area contributed by atoms with E-state index in [1.165, 1.54) is 84.0 Å². The summed E-state index contributed by atoms with van der Waals surface area (Å²) in [4.78, 5) is 21.8. The average molecular weight is 374 g/mol. The first kappa shape index (κ1) is 27.1. The molecule has 0 aromatic rings. The Balaban J connectivity index is 0. The van der Waals surface area contributed by atoms with Crippen LogP contribution in [-0.4, -0.2) is 18.0 Å². The van der Waals surface area contributed by atoms with E-state index in [-0.39, 0.29) is 6.15 Å². The van der Waals surface area contributed by atoms with Gasteiger partial charge < -0.3 is 20.8 Å². The molecule has 0 aliphatic heterocycles. The third-order valence-electron chi connectivity index (χ3n) is 4.62. The highest BCUT2D eigenvalue weighted by molar-refractivity contribution is 5.76. The Morgan fingerprint density at radius 1 is 0.731 bits per heavy atom. The number of quaternary nitrogens is 1. The molecule has 26 heavy (non-hydrogen) atoms. The molecule has 0 saturated carbocycles. The van der Waals surface area contributed by atoms with E-state index < -0.39 is 18.0 Å². The summed E-state index contributed by atoms with van der Waals surface area (Å²) in [7, 11) is 0.